The molecule has 5 heteroatoms. The summed E-state index contributed by atoms with van der Waals surface area (Å²) in [7, 11) is 0. The maximum atomic E-state index is 12.1. The molecular formula is C16H25N3O2. The lowest BCUT2D eigenvalue weighted by Crippen LogP contribution is -2.45. The van der Waals surface area contributed by atoms with Gasteiger partial charge in [-0.1, -0.05) is 26.8 Å². The molecule has 0 saturated carbocycles. The number of nitrogens with zero attached hydrogens (tertiary/aromatic N) is 2. The quantitative estimate of drug-likeness (QED) is 0.916. The fourth-order valence-corrected chi connectivity index (χ4v) is 2.37. The number of rotatable bonds is 4. The molecule has 0 radical (unpaired) electrons. The number of amides is 1. The van der Waals surface area contributed by atoms with Crippen LogP contribution in [0.15, 0.2) is 24.5 Å². The van der Waals surface area contributed by atoms with Crippen LogP contribution >= 0.6 is 0 Å². The van der Waals surface area contributed by atoms with E-state index in [0.717, 1.165) is 31.9 Å². The Labute approximate surface area is 126 Å². The maximum absolute atomic E-state index is 12.1. The second-order valence-corrected chi connectivity index (χ2v) is 6.41. The van der Waals surface area contributed by atoms with E-state index in [1.807, 2.05) is 33.0 Å². The number of carbonyl (C=O) groups is 1. The number of ether oxygens (including phenoxy) is 1. The van der Waals surface area contributed by atoms with Gasteiger partial charge in [-0.05, 0) is 11.6 Å². The number of hydrogen-bond acceptors (Lipinski definition) is 4. The zero-order chi connectivity index (χ0) is 15.3. The minimum absolute atomic E-state index is 0.0737. The average Bonchev–Trinajstić information content (AvgIpc) is 2.48. The molecular weight excluding hydrogens is 266 g/mol. The van der Waals surface area contributed by atoms with Crippen LogP contribution in [0.1, 0.15) is 32.4 Å². The summed E-state index contributed by atoms with van der Waals surface area (Å²) in [4.78, 5) is 18.7. The van der Waals surface area contributed by atoms with Crippen LogP contribution in [0.4, 0.5) is 0 Å². The minimum atomic E-state index is -0.371. The van der Waals surface area contributed by atoms with Crippen molar-refractivity contribution in [1.29, 1.82) is 0 Å². The first-order valence-corrected chi connectivity index (χ1v) is 7.48. The molecule has 21 heavy (non-hydrogen) atoms. The summed E-state index contributed by atoms with van der Waals surface area (Å²) in [5, 5.41) is 3.07. The van der Waals surface area contributed by atoms with Crippen LogP contribution in [-0.2, 0) is 9.53 Å². The van der Waals surface area contributed by atoms with Crippen LogP contribution in [0, 0.1) is 5.41 Å². The first kappa shape index (κ1) is 15.9. The van der Waals surface area contributed by atoms with Crippen molar-refractivity contribution in [3.63, 3.8) is 0 Å². The van der Waals surface area contributed by atoms with Gasteiger partial charge in [0, 0.05) is 37.4 Å². The summed E-state index contributed by atoms with van der Waals surface area (Å²) in [5.74, 6) is 0.0737. The maximum Gasteiger partial charge on any atom is 0.225 e. The Morgan fingerprint density at radius 3 is 2.71 bits per heavy atom. The molecule has 1 aliphatic heterocycles. The lowest BCUT2D eigenvalue weighted by atomic mass is 9.95. The van der Waals surface area contributed by atoms with Crippen LogP contribution in [0.2, 0.25) is 0 Å². The molecule has 1 N–H and O–H groups in total. The number of hydrogen-bond donors (Lipinski definition) is 1. The summed E-state index contributed by atoms with van der Waals surface area (Å²) in [6.07, 6.45) is 3.65. The Morgan fingerprint density at radius 1 is 1.43 bits per heavy atom. The van der Waals surface area contributed by atoms with E-state index in [0.29, 0.717) is 6.54 Å². The molecule has 2 rings (SSSR count). The van der Waals surface area contributed by atoms with E-state index >= 15 is 0 Å². The number of pyridine rings is 1. The average molecular weight is 291 g/mol. The zero-order valence-corrected chi connectivity index (χ0v) is 13.1. The van der Waals surface area contributed by atoms with Gasteiger partial charge < -0.3 is 10.1 Å². The molecule has 1 saturated heterocycles. The van der Waals surface area contributed by atoms with Gasteiger partial charge in [-0.3, -0.25) is 14.7 Å². The minimum Gasteiger partial charge on any atom is -0.379 e. The van der Waals surface area contributed by atoms with Crippen LogP contribution in [0.3, 0.4) is 0 Å². The second-order valence-electron chi connectivity index (χ2n) is 6.41. The molecule has 116 valence electrons. The Kier molecular flexibility index (Phi) is 5.31. The van der Waals surface area contributed by atoms with Gasteiger partial charge in [0.25, 0.3) is 0 Å². The van der Waals surface area contributed by atoms with Crippen LogP contribution in [-0.4, -0.2) is 48.6 Å². The van der Waals surface area contributed by atoms with Crippen molar-refractivity contribution in [2.24, 2.45) is 5.41 Å². The van der Waals surface area contributed by atoms with E-state index in [9.17, 15) is 4.79 Å². The standard InChI is InChI=1S/C16H25N3O2/c1-16(2,3)15(20)18-12-14(13-5-4-6-17-11-13)19-7-9-21-10-8-19/h4-6,11,14H,7-10,12H2,1-3H3,(H,18,20). The molecule has 0 bridgehead atoms. The van der Waals surface area contributed by atoms with Crippen molar-refractivity contribution in [2.45, 2.75) is 26.8 Å². The molecule has 5 nitrogen and oxygen atoms in total. The molecule has 0 aliphatic carbocycles. The summed E-state index contributed by atoms with van der Waals surface area (Å²) in [5.41, 5.74) is 0.762. The first-order chi connectivity index (χ1) is 9.98. The van der Waals surface area contributed by atoms with E-state index in [2.05, 4.69) is 21.3 Å². The molecule has 1 atom stereocenters. The number of nitrogens with one attached hydrogen (secondary N) is 1. The lowest BCUT2D eigenvalue weighted by molar-refractivity contribution is -0.128. The molecule has 1 aliphatic rings. The number of carbonyl (C=O) groups excluding carboxylic acids is 1. The smallest absolute Gasteiger partial charge is 0.225 e. The zero-order valence-electron chi connectivity index (χ0n) is 13.1. The Morgan fingerprint density at radius 2 is 2.14 bits per heavy atom. The van der Waals surface area contributed by atoms with Gasteiger partial charge >= 0.3 is 0 Å². The van der Waals surface area contributed by atoms with Crippen molar-refractivity contribution >= 4 is 5.91 Å². The Balaban J connectivity index is 2.07. The van der Waals surface area contributed by atoms with E-state index in [4.69, 9.17) is 4.74 Å². The molecule has 1 unspecified atom stereocenters. The van der Waals surface area contributed by atoms with Crippen LogP contribution in [0.5, 0.6) is 0 Å². The van der Waals surface area contributed by atoms with Crippen LogP contribution < -0.4 is 5.32 Å². The predicted molar refractivity (Wildman–Crippen MR) is 81.8 cm³/mol. The summed E-state index contributed by atoms with van der Waals surface area (Å²) in [6, 6.07) is 4.15. The highest BCUT2D eigenvalue weighted by atomic mass is 16.5. The van der Waals surface area contributed by atoms with E-state index in [1.54, 1.807) is 6.20 Å². The normalized spacial score (nSPS) is 18.2. The fourth-order valence-electron chi connectivity index (χ4n) is 2.37. The molecule has 1 amide bonds. The van der Waals surface area contributed by atoms with Gasteiger partial charge in [0.2, 0.25) is 5.91 Å². The van der Waals surface area contributed by atoms with Gasteiger partial charge in [-0.2, -0.15) is 0 Å². The molecule has 1 aromatic rings. The second kappa shape index (κ2) is 7.00. The Hall–Kier alpha value is -1.46. The third-order valence-electron chi connectivity index (χ3n) is 3.69. The topological polar surface area (TPSA) is 54.5 Å². The van der Waals surface area contributed by atoms with Crippen molar-refractivity contribution in [1.82, 2.24) is 15.2 Å². The van der Waals surface area contributed by atoms with Crippen molar-refractivity contribution in [3.8, 4) is 0 Å². The highest BCUT2D eigenvalue weighted by Gasteiger charge is 2.26. The van der Waals surface area contributed by atoms with Crippen molar-refractivity contribution < 1.29 is 9.53 Å². The Bertz CT molecular complexity index is 450. The molecule has 0 aromatic carbocycles. The van der Waals surface area contributed by atoms with Crippen LogP contribution in [0.25, 0.3) is 0 Å². The largest absolute Gasteiger partial charge is 0.379 e. The van der Waals surface area contributed by atoms with Gasteiger partial charge in [0.15, 0.2) is 0 Å². The first-order valence-electron chi connectivity index (χ1n) is 7.48. The summed E-state index contributed by atoms with van der Waals surface area (Å²) in [6.45, 7) is 9.62. The third-order valence-corrected chi connectivity index (χ3v) is 3.69. The fraction of sp³-hybridized carbons (Fsp3) is 0.625. The van der Waals surface area contributed by atoms with E-state index in [1.165, 1.54) is 0 Å². The monoisotopic (exact) mass is 291 g/mol. The number of aromatic nitrogens is 1. The molecule has 1 aromatic heterocycles. The van der Waals surface area contributed by atoms with E-state index < -0.39 is 0 Å². The third kappa shape index (κ3) is 4.51. The molecule has 1 fully saturated rings. The molecule has 0 spiro atoms. The SMILES string of the molecule is CC(C)(C)C(=O)NCC(c1cccnc1)N1CCOCC1. The number of morpholine rings is 1. The lowest BCUT2D eigenvalue weighted by Gasteiger charge is -2.35. The van der Waals surface area contributed by atoms with Gasteiger partial charge in [-0.15, -0.1) is 0 Å². The summed E-state index contributed by atoms with van der Waals surface area (Å²) >= 11 is 0. The highest BCUT2D eigenvalue weighted by molar-refractivity contribution is 5.81. The van der Waals surface area contributed by atoms with Crippen molar-refractivity contribution in [2.75, 3.05) is 32.8 Å². The van der Waals surface area contributed by atoms with Gasteiger partial charge in [0.05, 0.1) is 19.3 Å². The van der Waals surface area contributed by atoms with Gasteiger partial charge in [0.1, 0.15) is 0 Å². The summed E-state index contributed by atoms with van der Waals surface area (Å²) < 4.78 is 5.42. The highest BCUT2D eigenvalue weighted by Crippen LogP contribution is 2.21. The predicted octanol–water partition coefficient (Wildman–Crippen LogP) is 1.62. The molecule has 2 heterocycles. The van der Waals surface area contributed by atoms with Gasteiger partial charge in [-0.25, -0.2) is 0 Å². The van der Waals surface area contributed by atoms with E-state index in [-0.39, 0.29) is 17.4 Å². The van der Waals surface area contributed by atoms with Crippen molar-refractivity contribution in [3.05, 3.63) is 30.1 Å².